The number of aryl methyl sites for hydroxylation is 1. The first-order valence-corrected chi connectivity index (χ1v) is 9.81. The number of piperazine rings is 1. The van der Waals surface area contributed by atoms with E-state index in [0.29, 0.717) is 12.5 Å². The van der Waals surface area contributed by atoms with Gasteiger partial charge in [-0.1, -0.05) is 18.2 Å². The smallest absolute Gasteiger partial charge is 0.225 e. The lowest BCUT2D eigenvalue weighted by atomic mass is 10.2. The Morgan fingerprint density at radius 2 is 1.67 bits per heavy atom. The molecule has 30 heavy (non-hydrogen) atoms. The van der Waals surface area contributed by atoms with Gasteiger partial charge in [-0.25, -0.2) is 19.6 Å². The van der Waals surface area contributed by atoms with Crippen LogP contribution in [0.2, 0.25) is 0 Å². The quantitative estimate of drug-likeness (QED) is 0.325. The number of guanidine groups is 1. The molecule has 2 aromatic heterocycles. The van der Waals surface area contributed by atoms with Crippen LogP contribution in [0.1, 0.15) is 17.0 Å². The maximum atomic E-state index is 6.30. The fourth-order valence-electron chi connectivity index (χ4n) is 3.57. The Morgan fingerprint density at radius 3 is 2.33 bits per heavy atom. The summed E-state index contributed by atoms with van der Waals surface area (Å²) in [6, 6.07) is 12.0. The Balaban J connectivity index is 0.00000256. The first kappa shape index (κ1) is 22.0. The lowest BCUT2D eigenvalue weighted by Crippen LogP contribution is -2.51. The summed E-state index contributed by atoms with van der Waals surface area (Å²) in [5.41, 5.74) is 10.5. The lowest BCUT2D eigenvalue weighted by molar-refractivity contribution is 0.378. The van der Waals surface area contributed by atoms with Crippen molar-refractivity contribution in [2.24, 2.45) is 10.7 Å². The molecule has 4 rings (SSSR count). The zero-order chi connectivity index (χ0) is 20.2. The standard InChI is InChI=1S/C21H26N8.HI/c1-16-19(17(2)29(26-16)18-7-4-3-5-8-18)15-25-20(22)27-11-13-28(14-12-27)21-23-9-6-10-24-21;/h3-10H,11-15H2,1-2H3,(H2,22,25);1H. The number of aromatic nitrogens is 4. The fraction of sp³-hybridized carbons (Fsp3) is 0.333. The number of nitrogens with zero attached hydrogens (tertiary/aromatic N) is 7. The summed E-state index contributed by atoms with van der Waals surface area (Å²) in [7, 11) is 0. The molecule has 3 aromatic rings. The van der Waals surface area contributed by atoms with Crippen LogP contribution in [-0.2, 0) is 6.54 Å². The van der Waals surface area contributed by atoms with Crippen molar-refractivity contribution in [3.05, 3.63) is 65.7 Å². The van der Waals surface area contributed by atoms with Crippen molar-refractivity contribution in [1.29, 1.82) is 0 Å². The number of para-hydroxylation sites is 1. The van der Waals surface area contributed by atoms with E-state index in [-0.39, 0.29) is 24.0 Å². The molecule has 8 nitrogen and oxygen atoms in total. The topological polar surface area (TPSA) is 88.5 Å². The van der Waals surface area contributed by atoms with E-state index < -0.39 is 0 Å². The number of nitrogens with two attached hydrogens (primary N) is 1. The third-order valence-electron chi connectivity index (χ3n) is 5.28. The van der Waals surface area contributed by atoms with E-state index in [9.17, 15) is 0 Å². The summed E-state index contributed by atoms with van der Waals surface area (Å²) in [5, 5.41) is 4.69. The van der Waals surface area contributed by atoms with Gasteiger partial charge in [-0.3, -0.25) is 0 Å². The summed E-state index contributed by atoms with van der Waals surface area (Å²) in [4.78, 5) is 17.6. The summed E-state index contributed by atoms with van der Waals surface area (Å²) in [6.45, 7) is 7.87. The van der Waals surface area contributed by atoms with Gasteiger partial charge in [0, 0.05) is 49.8 Å². The van der Waals surface area contributed by atoms with Crippen LogP contribution in [0.3, 0.4) is 0 Å². The average molecular weight is 518 g/mol. The van der Waals surface area contributed by atoms with Crippen LogP contribution in [0, 0.1) is 13.8 Å². The number of anilines is 1. The Hall–Kier alpha value is -2.69. The van der Waals surface area contributed by atoms with Crippen LogP contribution in [-0.4, -0.2) is 56.8 Å². The van der Waals surface area contributed by atoms with Crippen LogP contribution in [0.4, 0.5) is 5.95 Å². The summed E-state index contributed by atoms with van der Waals surface area (Å²) in [5.74, 6) is 1.34. The van der Waals surface area contributed by atoms with Gasteiger partial charge in [0.15, 0.2) is 5.96 Å². The van der Waals surface area contributed by atoms with E-state index in [1.165, 1.54) is 0 Å². The number of hydrogen-bond acceptors (Lipinski definition) is 5. The van der Waals surface area contributed by atoms with Crippen LogP contribution >= 0.6 is 24.0 Å². The number of rotatable bonds is 4. The van der Waals surface area contributed by atoms with Crippen LogP contribution in [0.5, 0.6) is 0 Å². The summed E-state index contributed by atoms with van der Waals surface area (Å²) in [6.07, 6.45) is 3.54. The zero-order valence-corrected chi connectivity index (χ0v) is 19.6. The highest BCUT2D eigenvalue weighted by atomic mass is 127. The van der Waals surface area contributed by atoms with Gasteiger partial charge in [0.1, 0.15) is 0 Å². The van der Waals surface area contributed by atoms with Crippen molar-refractivity contribution in [2.75, 3.05) is 31.1 Å². The minimum atomic E-state index is 0. The molecule has 0 saturated carbocycles. The van der Waals surface area contributed by atoms with Gasteiger partial charge in [0.05, 0.1) is 17.9 Å². The third kappa shape index (κ3) is 4.72. The van der Waals surface area contributed by atoms with Crippen molar-refractivity contribution >= 4 is 35.9 Å². The molecule has 0 amide bonds. The molecule has 0 atom stereocenters. The minimum absolute atomic E-state index is 0. The van der Waals surface area contributed by atoms with E-state index in [0.717, 1.165) is 54.8 Å². The summed E-state index contributed by atoms with van der Waals surface area (Å²) < 4.78 is 1.97. The van der Waals surface area contributed by atoms with Gasteiger partial charge in [-0.2, -0.15) is 5.10 Å². The highest BCUT2D eigenvalue weighted by molar-refractivity contribution is 14.0. The van der Waals surface area contributed by atoms with E-state index >= 15 is 0 Å². The maximum Gasteiger partial charge on any atom is 0.225 e. The largest absolute Gasteiger partial charge is 0.370 e. The molecular formula is C21H27IN8. The van der Waals surface area contributed by atoms with E-state index in [4.69, 9.17) is 5.73 Å². The maximum absolute atomic E-state index is 6.30. The Morgan fingerprint density at radius 1 is 1.00 bits per heavy atom. The van der Waals surface area contributed by atoms with Crippen molar-refractivity contribution < 1.29 is 0 Å². The average Bonchev–Trinajstić information content (AvgIpc) is 3.07. The van der Waals surface area contributed by atoms with Crippen molar-refractivity contribution in [1.82, 2.24) is 24.6 Å². The number of halogens is 1. The second-order valence-electron chi connectivity index (χ2n) is 7.09. The molecule has 0 aliphatic carbocycles. The summed E-state index contributed by atoms with van der Waals surface area (Å²) >= 11 is 0. The number of aliphatic imine (C=N–C) groups is 1. The fourth-order valence-corrected chi connectivity index (χ4v) is 3.57. The zero-order valence-electron chi connectivity index (χ0n) is 17.3. The molecule has 1 fully saturated rings. The molecule has 1 aromatic carbocycles. The first-order valence-electron chi connectivity index (χ1n) is 9.81. The molecule has 1 aliphatic heterocycles. The van der Waals surface area contributed by atoms with E-state index in [1.807, 2.05) is 35.9 Å². The van der Waals surface area contributed by atoms with Crippen molar-refractivity contribution in [3.63, 3.8) is 0 Å². The minimum Gasteiger partial charge on any atom is -0.370 e. The van der Waals surface area contributed by atoms with Gasteiger partial charge < -0.3 is 15.5 Å². The van der Waals surface area contributed by atoms with E-state index in [1.54, 1.807) is 12.4 Å². The molecule has 3 heterocycles. The molecule has 0 unspecified atom stereocenters. The third-order valence-corrected chi connectivity index (χ3v) is 5.28. The molecule has 1 aliphatic rings. The number of benzene rings is 1. The second kappa shape index (κ2) is 9.88. The molecule has 0 bridgehead atoms. The first-order chi connectivity index (χ1) is 14.1. The Labute approximate surface area is 193 Å². The molecule has 9 heteroatoms. The molecule has 0 spiro atoms. The molecule has 0 radical (unpaired) electrons. The molecule has 1 saturated heterocycles. The highest BCUT2D eigenvalue weighted by Crippen LogP contribution is 2.19. The molecular weight excluding hydrogens is 491 g/mol. The van der Waals surface area contributed by atoms with Crippen LogP contribution < -0.4 is 10.6 Å². The van der Waals surface area contributed by atoms with Gasteiger partial charge >= 0.3 is 0 Å². The van der Waals surface area contributed by atoms with Gasteiger partial charge in [0.25, 0.3) is 0 Å². The van der Waals surface area contributed by atoms with Crippen LogP contribution in [0.25, 0.3) is 5.69 Å². The van der Waals surface area contributed by atoms with Gasteiger partial charge in [0.2, 0.25) is 5.95 Å². The second-order valence-corrected chi connectivity index (χ2v) is 7.09. The molecule has 158 valence electrons. The monoisotopic (exact) mass is 518 g/mol. The normalized spacial score (nSPS) is 14.5. The Bertz CT molecular complexity index is 979. The Kier molecular flexibility index (Phi) is 7.24. The van der Waals surface area contributed by atoms with Gasteiger partial charge in [-0.15, -0.1) is 24.0 Å². The van der Waals surface area contributed by atoms with Crippen molar-refractivity contribution in [3.8, 4) is 5.69 Å². The number of hydrogen-bond donors (Lipinski definition) is 1. The van der Waals surface area contributed by atoms with Crippen LogP contribution in [0.15, 0.2) is 53.8 Å². The molecule has 2 N–H and O–H groups in total. The highest BCUT2D eigenvalue weighted by Gasteiger charge is 2.20. The SMILES string of the molecule is Cc1nn(-c2ccccc2)c(C)c1CN=C(N)N1CCN(c2ncccn2)CC1.I. The van der Waals surface area contributed by atoms with E-state index in [2.05, 4.69) is 48.9 Å². The predicted octanol–water partition coefficient (Wildman–Crippen LogP) is 2.53. The lowest BCUT2D eigenvalue weighted by Gasteiger charge is -2.35. The predicted molar refractivity (Wildman–Crippen MR) is 130 cm³/mol. The van der Waals surface area contributed by atoms with Gasteiger partial charge in [-0.05, 0) is 32.0 Å². The van der Waals surface area contributed by atoms with Crippen molar-refractivity contribution in [2.45, 2.75) is 20.4 Å².